The van der Waals surface area contributed by atoms with Crippen LogP contribution in [0.2, 0.25) is 0 Å². The number of anilines is 2. The van der Waals surface area contributed by atoms with Gasteiger partial charge < -0.3 is 10.2 Å². The zero-order chi connectivity index (χ0) is 20.6. The first-order valence-electron chi connectivity index (χ1n) is 10.1. The summed E-state index contributed by atoms with van der Waals surface area (Å²) < 4.78 is 29.5. The monoisotopic (exact) mass is 417 g/mol. The Morgan fingerprint density at radius 1 is 0.733 bits per heavy atom. The molecule has 1 fully saturated rings. The van der Waals surface area contributed by atoms with E-state index in [0.29, 0.717) is 11.1 Å². The Hall–Kier alpha value is -3.09. The summed E-state index contributed by atoms with van der Waals surface area (Å²) in [6.07, 6.45) is 0. The third-order valence-corrected chi connectivity index (χ3v) is 7.07. The van der Waals surface area contributed by atoms with Gasteiger partial charge >= 0.3 is 0 Å². The van der Waals surface area contributed by atoms with Gasteiger partial charge in [0.15, 0.2) is 0 Å². The van der Waals surface area contributed by atoms with Crippen molar-refractivity contribution >= 4 is 42.9 Å². The van der Waals surface area contributed by atoms with E-state index in [1.807, 2.05) is 60.7 Å². The van der Waals surface area contributed by atoms with Gasteiger partial charge in [-0.3, -0.25) is 4.72 Å². The maximum absolute atomic E-state index is 13.3. The second-order valence-corrected chi connectivity index (χ2v) is 9.15. The first kappa shape index (κ1) is 18.9. The number of nitrogens with one attached hydrogen (secondary N) is 2. The molecular formula is C24H23N3O2S. The molecular weight excluding hydrogens is 394 g/mol. The number of fused-ring (bicyclic) bond motifs is 2. The van der Waals surface area contributed by atoms with Crippen LogP contribution in [0.25, 0.3) is 21.5 Å². The van der Waals surface area contributed by atoms with Crippen molar-refractivity contribution in [1.29, 1.82) is 0 Å². The molecule has 152 valence electrons. The smallest absolute Gasteiger partial charge is 0.262 e. The number of sulfonamides is 1. The van der Waals surface area contributed by atoms with Crippen LogP contribution in [0.5, 0.6) is 0 Å². The molecule has 4 aromatic rings. The Morgan fingerprint density at radius 3 is 2.20 bits per heavy atom. The highest BCUT2D eigenvalue weighted by atomic mass is 32.2. The van der Waals surface area contributed by atoms with Gasteiger partial charge in [-0.25, -0.2) is 8.42 Å². The van der Waals surface area contributed by atoms with Gasteiger partial charge in [0.05, 0.1) is 10.6 Å². The van der Waals surface area contributed by atoms with Crippen molar-refractivity contribution in [2.75, 3.05) is 35.8 Å². The van der Waals surface area contributed by atoms with Gasteiger partial charge in [0.25, 0.3) is 10.0 Å². The molecule has 1 heterocycles. The SMILES string of the molecule is O=S(=O)(Nc1ccc(N2CCNCC2)c2ccccc12)c1cccc2ccccc12. The molecule has 5 nitrogen and oxygen atoms in total. The van der Waals surface area contributed by atoms with Crippen LogP contribution < -0.4 is 14.9 Å². The van der Waals surface area contributed by atoms with Crippen LogP contribution in [-0.2, 0) is 10.0 Å². The Balaban J connectivity index is 1.58. The third kappa shape index (κ3) is 3.38. The van der Waals surface area contributed by atoms with Crippen LogP contribution in [0.15, 0.2) is 83.8 Å². The van der Waals surface area contributed by atoms with E-state index in [-0.39, 0.29) is 4.90 Å². The molecule has 0 saturated carbocycles. The second-order valence-electron chi connectivity index (χ2n) is 7.50. The first-order chi connectivity index (χ1) is 14.6. The molecule has 1 saturated heterocycles. The topological polar surface area (TPSA) is 61.4 Å². The van der Waals surface area contributed by atoms with Gasteiger partial charge in [0.1, 0.15) is 0 Å². The standard InChI is InChI=1S/C24H23N3O2S/c28-30(29,24-11-5-7-18-6-1-2-8-19(18)24)26-22-12-13-23(27-16-14-25-15-17-27)21-10-4-3-9-20(21)22/h1-13,25-26H,14-17H2. The number of hydrogen-bond donors (Lipinski definition) is 2. The average molecular weight is 418 g/mol. The molecule has 6 heteroatoms. The normalized spacial score (nSPS) is 14.9. The predicted octanol–water partition coefficient (Wildman–Crippen LogP) is 4.20. The summed E-state index contributed by atoms with van der Waals surface area (Å²) >= 11 is 0. The van der Waals surface area contributed by atoms with Crippen molar-refractivity contribution in [3.63, 3.8) is 0 Å². The number of rotatable bonds is 4. The number of nitrogens with zero attached hydrogens (tertiary/aromatic N) is 1. The van der Waals surface area contributed by atoms with Gasteiger partial charge in [-0.15, -0.1) is 0 Å². The van der Waals surface area contributed by atoms with Crippen LogP contribution in [-0.4, -0.2) is 34.6 Å². The van der Waals surface area contributed by atoms with E-state index in [1.165, 1.54) is 0 Å². The lowest BCUT2D eigenvalue weighted by Gasteiger charge is -2.30. The lowest BCUT2D eigenvalue weighted by Crippen LogP contribution is -2.43. The molecule has 2 N–H and O–H groups in total. The van der Waals surface area contributed by atoms with E-state index in [0.717, 1.165) is 48.0 Å². The van der Waals surface area contributed by atoms with E-state index in [1.54, 1.807) is 12.1 Å². The maximum atomic E-state index is 13.3. The Bertz CT molecular complexity index is 1320. The summed E-state index contributed by atoms with van der Waals surface area (Å²) in [5.74, 6) is 0. The number of piperazine rings is 1. The molecule has 4 aromatic carbocycles. The van der Waals surface area contributed by atoms with Crippen molar-refractivity contribution in [3.8, 4) is 0 Å². The van der Waals surface area contributed by atoms with Gasteiger partial charge in [-0.1, -0.05) is 60.7 Å². The highest BCUT2D eigenvalue weighted by Gasteiger charge is 2.20. The molecule has 0 atom stereocenters. The van der Waals surface area contributed by atoms with Crippen LogP contribution in [0.4, 0.5) is 11.4 Å². The first-order valence-corrected chi connectivity index (χ1v) is 11.6. The highest BCUT2D eigenvalue weighted by Crippen LogP contribution is 2.34. The van der Waals surface area contributed by atoms with Gasteiger partial charge in [-0.2, -0.15) is 0 Å². The van der Waals surface area contributed by atoms with Crippen LogP contribution in [0.1, 0.15) is 0 Å². The zero-order valence-electron chi connectivity index (χ0n) is 16.5. The summed E-state index contributed by atoms with van der Waals surface area (Å²) in [5, 5.41) is 6.95. The molecule has 0 unspecified atom stereocenters. The Morgan fingerprint density at radius 2 is 1.40 bits per heavy atom. The van der Waals surface area contributed by atoms with Gasteiger partial charge in [0, 0.05) is 48.0 Å². The van der Waals surface area contributed by atoms with E-state index in [4.69, 9.17) is 0 Å². The lowest BCUT2D eigenvalue weighted by atomic mass is 10.1. The van der Waals surface area contributed by atoms with Gasteiger partial charge in [-0.05, 0) is 23.6 Å². The maximum Gasteiger partial charge on any atom is 0.262 e. The van der Waals surface area contributed by atoms with Crippen molar-refractivity contribution in [3.05, 3.63) is 78.9 Å². The van der Waals surface area contributed by atoms with Gasteiger partial charge in [0.2, 0.25) is 0 Å². The van der Waals surface area contributed by atoms with E-state index in [9.17, 15) is 8.42 Å². The predicted molar refractivity (Wildman–Crippen MR) is 124 cm³/mol. The number of benzene rings is 4. The Labute approximate surface area is 176 Å². The molecule has 1 aliphatic heterocycles. The third-order valence-electron chi connectivity index (χ3n) is 5.64. The highest BCUT2D eigenvalue weighted by molar-refractivity contribution is 7.93. The largest absolute Gasteiger partial charge is 0.368 e. The summed E-state index contributed by atoms with van der Waals surface area (Å²) in [5.41, 5.74) is 1.73. The minimum atomic E-state index is -3.74. The molecule has 0 amide bonds. The Kier molecular flexibility index (Phi) is 4.81. The summed E-state index contributed by atoms with van der Waals surface area (Å²) in [7, 11) is -3.74. The minimum absolute atomic E-state index is 0.288. The molecule has 0 bridgehead atoms. The molecule has 1 aliphatic rings. The van der Waals surface area contributed by atoms with Crippen molar-refractivity contribution in [2.24, 2.45) is 0 Å². The fourth-order valence-electron chi connectivity index (χ4n) is 4.18. The molecule has 0 aliphatic carbocycles. The summed E-state index contributed by atoms with van der Waals surface area (Å²) in [6, 6.07) is 24.8. The molecule has 0 spiro atoms. The van der Waals surface area contributed by atoms with Crippen LogP contribution in [0.3, 0.4) is 0 Å². The quantitative estimate of drug-likeness (QED) is 0.522. The molecule has 0 radical (unpaired) electrons. The van der Waals surface area contributed by atoms with Crippen LogP contribution >= 0.6 is 0 Å². The molecule has 0 aromatic heterocycles. The van der Waals surface area contributed by atoms with E-state index in [2.05, 4.69) is 21.0 Å². The summed E-state index contributed by atoms with van der Waals surface area (Å²) in [4.78, 5) is 2.64. The van der Waals surface area contributed by atoms with Crippen LogP contribution in [0, 0.1) is 0 Å². The fourth-order valence-corrected chi connectivity index (χ4v) is 5.49. The fraction of sp³-hybridized carbons (Fsp3) is 0.167. The molecule has 5 rings (SSSR count). The lowest BCUT2D eigenvalue weighted by molar-refractivity contribution is 0.590. The second kappa shape index (κ2) is 7.63. The van der Waals surface area contributed by atoms with E-state index >= 15 is 0 Å². The molecule has 30 heavy (non-hydrogen) atoms. The minimum Gasteiger partial charge on any atom is -0.368 e. The van der Waals surface area contributed by atoms with E-state index < -0.39 is 10.0 Å². The number of hydrogen-bond acceptors (Lipinski definition) is 4. The average Bonchev–Trinajstić information content (AvgIpc) is 2.79. The van der Waals surface area contributed by atoms with Crippen molar-refractivity contribution in [1.82, 2.24) is 5.32 Å². The van der Waals surface area contributed by atoms with Crippen molar-refractivity contribution in [2.45, 2.75) is 4.90 Å². The van der Waals surface area contributed by atoms with Crippen molar-refractivity contribution < 1.29 is 8.42 Å². The zero-order valence-corrected chi connectivity index (χ0v) is 17.3. The summed E-state index contributed by atoms with van der Waals surface area (Å²) in [6.45, 7) is 3.77.